The van der Waals surface area contributed by atoms with Gasteiger partial charge >= 0.3 is 6.18 Å². The van der Waals surface area contributed by atoms with Crippen molar-refractivity contribution in [3.63, 3.8) is 0 Å². The van der Waals surface area contributed by atoms with Crippen molar-refractivity contribution in [2.75, 3.05) is 13.1 Å². The number of amides is 3. The standard InChI is InChI=1S/C30H38F3N5O3/c31-30(32,33)24-14-5-4-13-23(24)26-19-25(36-38(26)22-11-2-3-12-22)29(41)35-21(17-27(39)34-20-9-8-10-20)18-28(40)37-15-6-1-7-16-37/h4-5,13-14,19-22H,1-3,6-12,15-18H2,(H,34,39)(H,35,41)/t21-/m1/s1. The van der Waals surface area contributed by atoms with Crippen molar-refractivity contribution in [1.29, 1.82) is 0 Å². The van der Waals surface area contributed by atoms with Gasteiger partial charge < -0.3 is 15.5 Å². The molecule has 2 saturated carbocycles. The van der Waals surface area contributed by atoms with E-state index in [4.69, 9.17) is 0 Å². The average Bonchev–Trinajstić information content (AvgIpc) is 3.61. The first-order chi connectivity index (χ1) is 19.7. The minimum Gasteiger partial charge on any atom is -0.353 e. The lowest BCUT2D eigenvalue weighted by atomic mass is 9.93. The van der Waals surface area contributed by atoms with Crippen LogP contribution in [0.2, 0.25) is 0 Å². The third-order valence-electron chi connectivity index (χ3n) is 8.51. The van der Waals surface area contributed by atoms with Crippen LogP contribution in [-0.4, -0.2) is 57.6 Å². The molecule has 3 amide bonds. The van der Waals surface area contributed by atoms with E-state index in [-0.39, 0.29) is 53.7 Å². The molecule has 3 aliphatic rings. The summed E-state index contributed by atoms with van der Waals surface area (Å²) in [6.45, 7) is 1.31. The quantitative estimate of drug-likeness (QED) is 0.429. The van der Waals surface area contributed by atoms with E-state index in [0.717, 1.165) is 70.3 Å². The van der Waals surface area contributed by atoms with Crippen molar-refractivity contribution in [2.24, 2.45) is 0 Å². The summed E-state index contributed by atoms with van der Waals surface area (Å²) in [4.78, 5) is 41.1. The van der Waals surface area contributed by atoms with E-state index in [0.29, 0.717) is 13.1 Å². The highest BCUT2D eigenvalue weighted by Gasteiger charge is 2.36. The van der Waals surface area contributed by atoms with E-state index in [2.05, 4.69) is 15.7 Å². The Morgan fingerprint density at radius 1 is 0.927 bits per heavy atom. The van der Waals surface area contributed by atoms with Crippen LogP contribution in [0.3, 0.4) is 0 Å². The molecule has 2 heterocycles. The second-order valence-electron chi connectivity index (χ2n) is 11.6. The molecular weight excluding hydrogens is 535 g/mol. The Bertz CT molecular complexity index is 1240. The Kier molecular flexibility index (Phi) is 8.99. The number of carbonyl (C=O) groups excluding carboxylic acids is 3. The number of benzene rings is 1. The zero-order valence-corrected chi connectivity index (χ0v) is 23.2. The molecule has 11 heteroatoms. The summed E-state index contributed by atoms with van der Waals surface area (Å²) in [5, 5.41) is 10.3. The number of carbonyl (C=O) groups is 3. The zero-order chi connectivity index (χ0) is 29.0. The van der Waals surface area contributed by atoms with Gasteiger partial charge in [0.25, 0.3) is 5.91 Å². The monoisotopic (exact) mass is 573 g/mol. The molecule has 3 fully saturated rings. The lowest BCUT2D eigenvalue weighted by molar-refractivity contribution is -0.137. The van der Waals surface area contributed by atoms with Gasteiger partial charge in [0.15, 0.2) is 5.69 Å². The molecule has 1 atom stereocenters. The van der Waals surface area contributed by atoms with Gasteiger partial charge in [-0.2, -0.15) is 18.3 Å². The van der Waals surface area contributed by atoms with Gasteiger partial charge in [-0.05, 0) is 63.5 Å². The van der Waals surface area contributed by atoms with E-state index in [1.165, 1.54) is 18.2 Å². The molecular formula is C30H38F3N5O3. The number of hydrogen-bond donors (Lipinski definition) is 2. The maximum absolute atomic E-state index is 13.9. The molecule has 1 aromatic carbocycles. The normalized spacial score (nSPS) is 19.0. The minimum absolute atomic E-state index is 0.0290. The van der Waals surface area contributed by atoms with Crippen LogP contribution in [0.15, 0.2) is 30.3 Å². The first-order valence-corrected chi connectivity index (χ1v) is 14.8. The molecule has 1 saturated heterocycles. The van der Waals surface area contributed by atoms with Crippen molar-refractivity contribution >= 4 is 17.7 Å². The highest BCUT2D eigenvalue weighted by atomic mass is 19.4. The molecule has 0 bridgehead atoms. The van der Waals surface area contributed by atoms with Crippen LogP contribution in [0.25, 0.3) is 11.3 Å². The maximum atomic E-state index is 13.9. The van der Waals surface area contributed by atoms with Gasteiger partial charge in [-0.1, -0.05) is 31.0 Å². The molecule has 222 valence electrons. The van der Waals surface area contributed by atoms with Gasteiger partial charge in [0.1, 0.15) is 0 Å². The summed E-state index contributed by atoms with van der Waals surface area (Å²) >= 11 is 0. The van der Waals surface area contributed by atoms with Crippen molar-refractivity contribution in [1.82, 2.24) is 25.3 Å². The van der Waals surface area contributed by atoms with Crippen LogP contribution in [0.5, 0.6) is 0 Å². The lowest BCUT2D eigenvalue weighted by Gasteiger charge is -2.29. The largest absolute Gasteiger partial charge is 0.417 e. The summed E-state index contributed by atoms with van der Waals surface area (Å²) in [5.74, 6) is -0.967. The highest BCUT2D eigenvalue weighted by Crippen LogP contribution is 2.40. The molecule has 2 aliphatic carbocycles. The van der Waals surface area contributed by atoms with Gasteiger partial charge in [-0.3, -0.25) is 19.1 Å². The number of nitrogens with one attached hydrogen (secondary N) is 2. The van der Waals surface area contributed by atoms with E-state index < -0.39 is 23.7 Å². The molecule has 41 heavy (non-hydrogen) atoms. The van der Waals surface area contributed by atoms with E-state index in [1.54, 1.807) is 15.6 Å². The Morgan fingerprint density at radius 2 is 1.63 bits per heavy atom. The predicted octanol–water partition coefficient (Wildman–Crippen LogP) is 5.24. The lowest BCUT2D eigenvalue weighted by Crippen LogP contribution is -2.46. The second kappa shape index (κ2) is 12.7. The van der Waals surface area contributed by atoms with Crippen LogP contribution in [0.1, 0.15) is 99.1 Å². The van der Waals surface area contributed by atoms with Crippen LogP contribution >= 0.6 is 0 Å². The number of halogens is 3. The van der Waals surface area contributed by atoms with Crippen LogP contribution in [0, 0.1) is 0 Å². The Hall–Kier alpha value is -3.37. The molecule has 8 nitrogen and oxygen atoms in total. The molecule has 1 aromatic heterocycles. The third-order valence-corrected chi connectivity index (χ3v) is 8.51. The summed E-state index contributed by atoms with van der Waals surface area (Å²) in [6, 6.07) is 5.96. The SMILES string of the molecule is O=C(C[C@H](CC(=O)N1CCCCC1)NC(=O)c1cc(-c2ccccc2C(F)(F)F)n(C2CCCC2)n1)NC1CCC1. The molecule has 1 aliphatic heterocycles. The first-order valence-electron chi connectivity index (χ1n) is 14.8. The maximum Gasteiger partial charge on any atom is 0.417 e. The Morgan fingerprint density at radius 3 is 2.29 bits per heavy atom. The number of piperidine rings is 1. The first kappa shape index (κ1) is 29.1. The Labute approximate surface area is 238 Å². The third kappa shape index (κ3) is 7.11. The van der Waals surface area contributed by atoms with Crippen molar-refractivity contribution in [3.8, 4) is 11.3 Å². The number of rotatable bonds is 9. The topological polar surface area (TPSA) is 96.3 Å². The molecule has 5 rings (SSSR count). The number of hydrogen-bond acceptors (Lipinski definition) is 4. The fourth-order valence-corrected chi connectivity index (χ4v) is 6.07. The highest BCUT2D eigenvalue weighted by molar-refractivity contribution is 5.94. The van der Waals surface area contributed by atoms with Gasteiger partial charge in [-0.15, -0.1) is 0 Å². The zero-order valence-electron chi connectivity index (χ0n) is 23.2. The summed E-state index contributed by atoms with van der Waals surface area (Å²) in [6.07, 6.45) is 4.52. The van der Waals surface area contributed by atoms with Crippen LogP contribution in [-0.2, 0) is 15.8 Å². The summed E-state index contributed by atoms with van der Waals surface area (Å²) < 4.78 is 43.3. The van der Waals surface area contributed by atoms with Gasteiger partial charge in [0.05, 0.1) is 17.3 Å². The minimum atomic E-state index is -4.57. The molecule has 0 radical (unpaired) electrons. The number of nitrogens with zero attached hydrogens (tertiary/aromatic N) is 3. The molecule has 2 N–H and O–H groups in total. The predicted molar refractivity (Wildman–Crippen MR) is 147 cm³/mol. The fourth-order valence-electron chi connectivity index (χ4n) is 6.07. The fraction of sp³-hybridized carbons (Fsp3) is 0.600. The van der Waals surface area contributed by atoms with Crippen LogP contribution < -0.4 is 10.6 Å². The van der Waals surface area contributed by atoms with E-state index in [1.807, 2.05) is 0 Å². The number of likely N-dealkylation sites (tertiary alicyclic amines) is 1. The Balaban J connectivity index is 1.39. The number of alkyl halides is 3. The van der Waals surface area contributed by atoms with Gasteiger partial charge in [-0.25, -0.2) is 0 Å². The van der Waals surface area contributed by atoms with Crippen molar-refractivity contribution < 1.29 is 27.6 Å². The van der Waals surface area contributed by atoms with Crippen molar-refractivity contribution in [2.45, 2.75) is 101 Å². The summed E-state index contributed by atoms with van der Waals surface area (Å²) in [7, 11) is 0. The second-order valence-corrected chi connectivity index (χ2v) is 11.6. The van der Waals surface area contributed by atoms with Gasteiger partial charge in [0, 0.05) is 43.6 Å². The summed E-state index contributed by atoms with van der Waals surface area (Å²) in [5.41, 5.74) is -0.615. The smallest absolute Gasteiger partial charge is 0.353 e. The van der Waals surface area contributed by atoms with Gasteiger partial charge in [0.2, 0.25) is 11.8 Å². The van der Waals surface area contributed by atoms with Crippen LogP contribution in [0.4, 0.5) is 13.2 Å². The molecule has 0 unspecified atom stereocenters. The number of aromatic nitrogens is 2. The van der Waals surface area contributed by atoms with Crippen molar-refractivity contribution in [3.05, 3.63) is 41.6 Å². The average molecular weight is 574 g/mol. The van der Waals surface area contributed by atoms with E-state index in [9.17, 15) is 27.6 Å². The molecule has 0 spiro atoms. The molecule has 2 aromatic rings. The van der Waals surface area contributed by atoms with E-state index >= 15 is 0 Å².